The van der Waals surface area contributed by atoms with Gasteiger partial charge in [-0.05, 0) is 31.2 Å². The summed E-state index contributed by atoms with van der Waals surface area (Å²) in [6.07, 6.45) is 3.39. The molecule has 2 amide bonds. The average molecular weight is 334 g/mol. The molecular weight excluding hydrogens is 316 g/mol. The van der Waals surface area contributed by atoms with Gasteiger partial charge < -0.3 is 10.6 Å². The van der Waals surface area contributed by atoms with Crippen LogP contribution in [-0.4, -0.2) is 34.9 Å². The summed E-state index contributed by atoms with van der Waals surface area (Å²) >= 11 is 0. The lowest BCUT2D eigenvalue weighted by Crippen LogP contribution is -2.36. The highest BCUT2D eigenvalue weighted by Crippen LogP contribution is 2.24. The number of pyridine rings is 2. The van der Waals surface area contributed by atoms with Crippen molar-refractivity contribution in [3.05, 3.63) is 60.4 Å². The topological polar surface area (TPSA) is 84.0 Å². The molecule has 0 aliphatic carbocycles. The zero-order chi connectivity index (χ0) is 17.6. The zero-order valence-electron chi connectivity index (χ0n) is 13.8. The maximum Gasteiger partial charge on any atom is 0.252 e. The minimum Gasteiger partial charge on any atom is -0.355 e. The highest BCUT2D eigenvalue weighted by molar-refractivity contribution is 6.08. The molecule has 0 aliphatic rings. The largest absolute Gasteiger partial charge is 0.355 e. The number of fused-ring (bicyclic) bond motifs is 1. The van der Waals surface area contributed by atoms with E-state index in [1.165, 1.54) is 0 Å². The monoisotopic (exact) mass is 334 g/mol. The number of likely N-dealkylation sites (N-methyl/N-ethyl adjacent to an activating group) is 1. The van der Waals surface area contributed by atoms with Crippen molar-refractivity contribution in [3.63, 3.8) is 0 Å². The molecule has 126 valence electrons. The van der Waals surface area contributed by atoms with Crippen LogP contribution in [0.1, 0.15) is 17.3 Å². The lowest BCUT2D eigenvalue weighted by Gasteiger charge is -2.10. The van der Waals surface area contributed by atoms with Crippen LogP contribution in [0.2, 0.25) is 0 Å². The predicted molar refractivity (Wildman–Crippen MR) is 96.0 cm³/mol. The molecule has 0 aliphatic heterocycles. The number of nitrogens with zero attached hydrogens (tertiary/aromatic N) is 2. The fraction of sp³-hybridized carbons (Fsp3) is 0.158. The highest BCUT2D eigenvalue weighted by atomic mass is 16.2. The van der Waals surface area contributed by atoms with Gasteiger partial charge in [0, 0.05) is 29.9 Å². The molecule has 0 spiro atoms. The van der Waals surface area contributed by atoms with Gasteiger partial charge in [0.05, 0.1) is 23.3 Å². The average Bonchev–Trinajstić information content (AvgIpc) is 2.66. The van der Waals surface area contributed by atoms with Crippen molar-refractivity contribution in [2.24, 2.45) is 0 Å². The van der Waals surface area contributed by atoms with Crippen LogP contribution in [0.15, 0.2) is 54.9 Å². The van der Waals surface area contributed by atoms with Crippen LogP contribution < -0.4 is 10.6 Å². The Hall–Kier alpha value is -3.28. The number of benzene rings is 1. The Kier molecular flexibility index (Phi) is 4.99. The Morgan fingerprint density at radius 3 is 2.68 bits per heavy atom. The van der Waals surface area contributed by atoms with Crippen molar-refractivity contribution < 1.29 is 9.59 Å². The standard InChI is InChI=1S/C19H18N4O2/c1-2-21-18(24)12-22-19(25)15-10-17(13-6-5-9-20-11-13)23-16-8-4-3-7-14(15)16/h3-11H,2,12H2,1H3,(H,21,24)(H,22,25). The predicted octanol–water partition coefficient (Wildman–Crippen LogP) is 2.16. The van der Waals surface area contributed by atoms with E-state index < -0.39 is 0 Å². The number of carbonyl (C=O) groups is 2. The lowest BCUT2D eigenvalue weighted by molar-refractivity contribution is -0.120. The molecule has 0 fully saturated rings. The Labute approximate surface area is 145 Å². The van der Waals surface area contributed by atoms with Crippen LogP contribution in [-0.2, 0) is 4.79 Å². The Morgan fingerprint density at radius 2 is 1.92 bits per heavy atom. The number of carbonyl (C=O) groups excluding carboxylic acids is 2. The number of nitrogens with one attached hydrogen (secondary N) is 2. The van der Waals surface area contributed by atoms with Crippen molar-refractivity contribution in [2.45, 2.75) is 6.92 Å². The first kappa shape index (κ1) is 16.6. The van der Waals surface area contributed by atoms with Gasteiger partial charge >= 0.3 is 0 Å². The summed E-state index contributed by atoms with van der Waals surface area (Å²) < 4.78 is 0. The first-order valence-electron chi connectivity index (χ1n) is 8.04. The number of rotatable bonds is 5. The molecule has 0 atom stereocenters. The zero-order valence-corrected chi connectivity index (χ0v) is 13.8. The van der Waals surface area contributed by atoms with Gasteiger partial charge in [-0.2, -0.15) is 0 Å². The van der Waals surface area contributed by atoms with Crippen molar-refractivity contribution in [1.82, 2.24) is 20.6 Å². The number of amides is 2. The molecule has 1 aromatic carbocycles. The molecule has 0 bridgehead atoms. The number of para-hydroxylation sites is 1. The van der Waals surface area contributed by atoms with Gasteiger partial charge in [-0.1, -0.05) is 18.2 Å². The maximum atomic E-state index is 12.6. The third-order valence-electron chi connectivity index (χ3n) is 3.70. The summed E-state index contributed by atoms with van der Waals surface area (Å²) in [6, 6.07) is 12.9. The van der Waals surface area contributed by atoms with Gasteiger partial charge in [0.15, 0.2) is 0 Å². The van der Waals surface area contributed by atoms with Crippen molar-refractivity contribution >= 4 is 22.7 Å². The van der Waals surface area contributed by atoms with Crippen molar-refractivity contribution in [2.75, 3.05) is 13.1 Å². The third-order valence-corrected chi connectivity index (χ3v) is 3.70. The van der Waals surface area contributed by atoms with Crippen LogP contribution in [0, 0.1) is 0 Å². The summed E-state index contributed by atoms with van der Waals surface area (Å²) in [6.45, 7) is 2.29. The molecule has 2 aromatic heterocycles. The second-order valence-electron chi connectivity index (χ2n) is 5.45. The van der Waals surface area contributed by atoms with E-state index in [9.17, 15) is 9.59 Å². The lowest BCUT2D eigenvalue weighted by atomic mass is 10.0. The Balaban J connectivity index is 1.98. The van der Waals surface area contributed by atoms with E-state index in [1.54, 1.807) is 18.5 Å². The molecule has 6 nitrogen and oxygen atoms in total. The number of hydrogen-bond acceptors (Lipinski definition) is 4. The molecular formula is C19H18N4O2. The van der Waals surface area contributed by atoms with E-state index in [2.05, 4.69) is 20.6 Å². The van der Waals surface area contributed by atoms with E-state index in [4.69, 9.17) is 0 Å². The second kappa shape index (κ2) is 7.53. The minimum absolute atomic E-state index is 0.0639. The van der Waals surface area contributed by atoms with Gasteiger partial charge in [-0.3, -0.25) is 14.6 Å². The normalized spacial score (nSPS) is 10.4. The van der Waals surface area contributed by atoms with Crippen LogP contribution in [0.5, 0.6) is 0 Å². The van der Waals surface area contributed by atoms with Crippen LogP contribution in [0.3, 0.4) is 0 Å². The van der Waals surface area contributed by atoms with E-state index >= 15 is 0 Å². The summed E-state index contributed by atoms with van der Waals surface area (Å²) in [5.41, 5.74) is 2.68. The molecule has 3 rings (SSSR count). The van der Waals surface area contributed by atoms with Crippen molar-refractivity contribution in [3.8, 4) is 11.3 Å². The molecule has 3 aromatic rings. The summed E-state index contributed by atoms with van der Waals surface area (Å²) in [5, 5.41) is 6.05. The summed E-state index contributed by atoms with van der Waals surface area (Å²) in [5.74, 6) is -0.531. The Bertz CT molecular complexity index is 910. The van der Waals surface area contributed by atoms with Gasteiger partial charge in [0.25, 0.3) is 5.91 Å². The second-order valence-corrected chi connectivity index (χ2v) is 5.45. The molecule has 2 heterocycles. The summed E-state index contributed by atoms with van der Waals surface area (Å²) in [4.78, 5) is 32.9. The van der Waals surface area contributed by atoms with Crippen molar-refractivity contribution in [1.29, 1.82) is 0 Å². The molecule has 0 radical (unpaired) electrons. The molecule has 0 saturated heterocycles. The molecule has 0 saturated carbocycles. The number of aromatic nitrogens is 2. The van der Waals surface area contributed by atoms with Crippen LogP contribution in [0.4, 0.5) is 0 Å². The molecule has 25 heavy (non-hydrogen) atoms. The minimum atomic E-state index is -0.310. The van der Waals surface area contributed by atoms with Gasteiger partial charge in [0.2, 0.25) is 5.91 Å². The van der Waals surface area contributed by atoms with Gasteiger partial charge in [-0.25, -0.2) is 4.98 Å². The highest BCUT2D eigenvalue weighted by Gasteiger charge is 2.14. The van der Waals surface area contributed by atoms with Gasteiger partial charge in [0.1, 0.15) is 0 Å². The fourth-order valence-corrected chi connectivity index (χ4v) is 2.54. The molecule has 0 unspecified atom stereocenters. The number of hydrogen-bond donors (Lipinski definition) is 2. The maximum absolute atomic E-state index is 12.6. The first-order chi connectivity index (χ1) is 12.2. The van der Waals surface area contributed by atoms with E-state index in [0.29, 0.717) is 23.3 Å². The van der Waals surface area contributed by atoms with Crippen LogP contribution >= 0.6 is 0 Å². The van der Waals surface area contributed by atoms with Crippen LogP contribution in [0.25, 0.3) is 22.2 Å². The van der Waals surface area contributed by atoms with E-state index in [-0.39, 0.29) is 18.4 Å². The SMILES string of the molecule is CCNC(=O)CNC(=O)c1cc(-c2cccnc2)nc2ccccc12. The quantitative estimate of drug-likeness (QED) is 0.749. The summed E-state index contributed by atoms with van der Waals surface area (Å²) in [7, 11) is 0. The van der Waals surface area contributed by atoms with Gasteiger partial charge in [-0.15, -0.1) is 0 Å². The van der Waals surface area contributed by atoms with E-state index in [1.807, 2.05) is 43.3 Å². The third kappa shape index (κ3) is 3.80. The Morgan fingerprint density at radius 1 is 1.08 bits per heavy atom. The molecule has 2 N–H and O–H groups in total. The molecule has 6 heteroatoms. The van der Waals surface area contributed by atoms with E-state index in [0.717, 1.165) is 10.9 Å². The first-order valence-corrected chi connectivity index (χ1v) is 8.04. The fourth-order valence-electron chi connectivity index (χ4n) is 2.54. The smallest absolute Gasteiger partial charge is 0.252 e.